The van der Waals surface area contributed by atoms with Crippen molar-refractivity contribution in [3.05, 3.63) is 35.5 Å². The fourth-order valence-corrected chi connectivity index (χ4v) is 2.47. The third-order valence-electron chi connectivity index (χ3n) is 3.25. The smallest absolute Gasteiger partial charge is 0.221 e. The van der Waals surface area contributed by atoms with E-state index in [0.29, 0.717) is 0 Å². The van der Waals surface area contributed by atoms with Crippen molar-refractivity contribution in [2.45, 2.75) is 18.9 Å². The van der Waals surface area contributed by atoms with E-state index in [9.17, 15) is 0 Å². The molecule has 3 rings (SSSR count). The van der Waals surface area contributed by atoms with E-state index in [1.165, 1.54) is 0 Å². The standard InChI is InChI=1S/C14H15ClN2O/c15-11-1-2-13-10(9-11)3-8-17-14(13)18-12-4-6-16-7-5-12/h1-3,8-9,12,16H,4-7H2. The lowest BCUT2D eigenvalue weighted by Gasteiger charge is -2.23. The number of pyridine rings is 1. The van der Waals surface area contributed by atoms with E-state index < -0.39 is 0 Å². The molecule has 4 heteroatoms. The first-order valence-electron chi connectivity index (χ1n) is 6.24. The molecule has 1 N–H and O–H groups in total. The van der Waals surface area contributed by atoms with Gasteiger partial charge in [0.2, 0.25) is 5.88 Å². The minimum absolute atomic E-state index is 0.264. The Morgan fingerprint density at radius 2 is 2.06 bits per heavy atom. The summed E-state index contributed by atoms with van der Waals surface area (Å²) in [5, 5.41) is 6.16. The van der Waals surface area contributed by atoms with Gasteiger partial charge in [-0.15, -0.1) is 0 Å². The minimum atomic E-state index is 0.264. The average molecular weight is 263 g/mol. The summed E-state index contributed by atoms with van der Waals surface area (Å²) in [6.45, 7) is 2.03. The predicted molar refractivity (Wildman–Crippen MR) is 73.3 cm³/mol. The molecule has 1 aromatic carbocycles. The Balaban J connectivity index is 1.91. The van der Waals surface area contributed by atoms with Gasteiger partial charge in [-0.2, -0.15) is 0 Å². The van der Waals surface area contributed by atoms with Crippen LogP contribution in [0, 0.1) is 0 Å². The number of rotatable bonds is 2. The lowest BCUT2D eigenvalue weighted by atomic mass is 10.1. The maximum absolute atomic E-state index is 6.01. The first-order chi connectivity index (χ1) is 8.83. The molecule has 0 spiro atoms. The zero-order valence-electron chi connectivity index (χ0n) is 10.0. The van der Waals surface area contributed by atoms with Crippen molar-refractivity contribution in [3.8, 4) is 5.88 Å². The summed E-state index contributed by atoms with van der Waals surface area (Å²) in [4.78, 5) is 4.34. The van der Waals surface area contributed by atoms with Gasteiger partial charge in [0.15, 0.2) is 0 Å². The molecule has 18 heavy (non-hydrogen) atoms. The highest BCUT2D eigenvalue weighted by molar-refractivity contribution is 6.31. The summed E-state index contributed by atoms with van der Waals surface area (Å²) in [6, 6.07) is 7.74. The van der Waals surface area contributed by atoms with E-state index in [4.69, 9.17) is 16.3 Å². The van der Waals surface area contributed by atoms with E-state index in [-0.39, 0.29) is 6.10 Å². The quantitative estimate of drug-likeness (QED) is 0.903. The molecule has 2 heterocycles. The topological polar surface area (TPSA) is 34.1 Å². The molecule has 0 atom stereocenters. The second-order valence-electron chi connectivity index (χ2n) is 4.55. The van der Waals surface area contributed by atoms with Crippen molar-refractivity contribution < 1.29 is 4.74 Å². The monoisotopic (exact) mass is 262 g/mol. The van der Waals surface area contributed by atoms with Crippen LogP contribution in [0.25, 0.3) is 10.8 Å². The fourth-order valence-electron chi connectivity index (χ4n) is 2.29. The van der Waals surface area contributed by atoms with Crippen molar-refractivity contribution in [3.63, 3.8) is 0 Å². The van der Waals surface area contributed by atoms with Gasteiger partial charge >= 0.3 is 0 Å². The summed E-state index contributed by atoms with van der Waals surface area (Å²) in [5.74, 6) is 0.719. The Morgan fingerprint density at radius 1 is 1.22 bits per heavy atom. The number of halogens is 1. The van der Waals surface area contributed by atoms with Gasteiger partial charge in [-0.3, -0.25) is 0 Å². The fraction of sp³-hybridized carbons (Fsp3) is 0.357. The molecule has 0 unspecified atom stereocenters. The SMILES string of the molecule is Clc1ccc2c(OC3CCNCC3)nccc2c1. The lowest BCUT2D eigenvalue weighted by molar-refractivity contribution is 0.158. The number of hydrogen-bond acceptors (Lipinski definition) is 3. The van der Waals surface area contributed by atoms with Crippen LogP contribution in [0.3, 0.4) is 0 Å². The number of piperidine rings is 1. The van der Waals surface area contributed by atoms with E-state index >= 15 is 0 Å². The van der Waals surface area contributed by atoms with Crippen LogP contribution in [0.15, 0.2) is 30.5 Å². The van der Waals surface area contributed by atoms with E-state index in [1.54, 1.807) is 6.20 Å². The van der Waals surface area contributed by atoms with Gasteiger partial charge < -0.3 is 10.1 Å². The van der Waals surface area contributed by atoms with Crippen molar-refractivity contribution >= 4 is 22.4 Å². The van der Waals surface area contributed by atoms with E-state index in [2.05, 4.69) is 10.3 Å². The Hall–Kier alpha value is -1.32. The van der Waals surface area contributed by atoms with Crippen LogP contribution in [0.2, 0.25) is 5.02 Å². The highest BCUT2D eigenvalue weighted by atomic mass is 35.5. The minimum Gasteiger partial charge on any atom is -0.474 e. The number of ether oxygens (including phenoxy) is 1. The number of nitrogens with one attached hydrogen (secondary N) is 1. The molecule has 0 aliphatic carbocycles. The van der Waals surface area contributed by atoms with Crippen LogP contribution in [0.4, 0.5) is 0 Å². The molecule has 1 aliphatic rings. The zero-order valence-corrected chi connectivity index (χ0v) is 10.8. The number of aromatic nitrogens is 1. The third kappa shape index (κ3) is 2.42. The van der Waals surface area contributed by atoms with E-state index in [0.717, 1.165) is 47.6 Å². The molecule has 94 valence electrons. The van der Waals surface area contributed by atoms with Crippen molar-refractivity contribution in [1.82, 2.24) is 10.3 Å². The molecule has 1 fully saturated rings. The van der Waals surface area contributed by atoms with Gasteiger partial charge in [0.05, 0.1) is 0 Å². The van der Waals surface area contributed by atoms with Gasteiger partial charge in [-0.25, -0.2) is 4.98 Å². The maximum atomic E-state index is 6.01. The molecular weight excluding hydrogens is 248 g/mol. The highest BCUT2D eigenvalue weighted by Crippen LogP contribution is 2.27. The normalized spacial score (nSPS) is 16.9. The Bertz CT molecular complexity index is 552. The number of benzene rings is 1. The second-order valence-corrected chi connectivity index (χ2v) is 4.99. The van der Waals surface area contributed by atoms with Gasteiger partial charge in [0.1, 0.15) is 6.10 Å². The number of fused-ring (bicyclic) bond motifs is 1. The summed E-state index contributed by atoms with van der Waals surface area (Å²) in [7, 11) is 0. The Morgan fingerprint density at radius 3 is 2.89 bits per heavy atom. The molecule has 0 amide bonds. The molecule has 0 saturated carbocycles. The molecule has 3 nitrogen and oxygen atoms in total. The van der Waals surface area contributed by atoms with Gasteiger partial charge in [0.25, 0.3) is 0 Å². The first kappa shape index (κ1) is 11.8. The summed E-state index contributed by atoms with van der Waals surface area (Å²) < 4.78 is 6.01. The summed E-state index contributed by atoms with van der Waals surface area (Å²) in [6.07, 6.45) is 4.10. The van der Waals surface area contributed by atoms with Gasteiger partial charge in [0, 0.05) is 16.6 Å². The third-order valence-corrected chi connectivity index (χ3v) is 3.49. The Labute approximate surface area is 111 Å². The van der Waals surface area contributed by atoms with Crippen molar-refractivity contribution in [1.29, 1.82) is 0 Å². The number of nitrogens with zero attached hydrogens (tertiary/aromatic N) is 1. The largest absolute Gasteiger partial charge is 0.474 e. The predicted octanol–water partition coefficient (Wildman–Crippen LogP) is 3.02. The van der Waals surface area contributed by atoms with Crippen LogP contribution >= 0.6 is 11.6 Å². The van der Waals surface area contributed by atoms with Gasteiger partial charge in [-0.1, -0.05) is 11.6 Å². The van der Waals surface area contributed by atoms with Gasteiger partial charge in [-0.05, 0) is 55.6 Å². The molecule has 1 aliphatic heterocycles. The summed E-state index contributed by atoms with van der Waals surface area (Å²) in [5.41, 5.74) is 0. The molecule has 1 aromatic heterocycles. The first-order valence-corrected chi connectivity index (χ1v) is 6.62. The average Bonchev–Trinajstić information content (AvgIpc) is 2.40. The molecular formula is C14H15ClN2O. The molecule has 1 saturated heterocycles. The summed E-state index contributed by atoms with van der Waals surface area (Å²) >= 11 is 5.99. The van der Waals surface area contributed by atoms with Crippen LogP contribution in [-0.2, 0) is 0 Å². The molecule has 0 bridgehead atoms. The van der Waals surface area contributed by atoms with Crippen LogP contribution in [0.5, 0.6) is 5.88 Å². The molecule has 2 aromatic rings. The number of hydrogen-bond donors (Lipinski definition) is 1. The zero-order chi connectivity index (χ0) is 12.4. The van der Waals surface area contributed by atoms with Crippen molar-refractivity contribution in [2.75, 3.05) is 13.1 Å². The highest BCUT2D eigenvalue weighted by Gasteiger charge is 2.16. The van der Waals surface area contributed by atoms with Crippen molar-refractivity contribution in [2.24, 2.45) is 0 Å². The molecule has 0 radical (unpaired) electrons. The second kappa shape index (κ2) is 5.12. The van der Waals surface area contributed by atoms with Crippen LogP contribution in [0.1, 0.15) is 12.8 Å². The van der Waals surface area contributed by atoms with E-state index in [1.807, 2.05) is 24.3 Å². The maximum Gasteiger partial charge on any atom is 0.221 e. The van der Waals surface area contributed by atoms with Crippen LogP contribution < -0.4 is 10.1 Å². The lowest BCUT2D eigenvalue weighted by Crippen LogP contribution is -2.34. The Kier molecular flexibility index (Phi) is 3.35. The van der Waals surface area contributed by atoms with Crippen LogP contribution in [-0.4, -0.2) is 24.2 Å².